The highest BCUT2D eigenvalue weighted by atomic mass is 32.1. The molecule has 0 fully saturated rings. The summed E-state index contributed by atoms with van der Waals surface area (Å²) in [5.41, 5.74) is 1.87. The van der Waals surface area contributed by atoms with E-state index in [9.17, 15) is 9.90 Å². The number of anilines is 1. The molecule has 5 nitrogen and oxygen atoms in total. The highest BCUT2D eigenvalue weighted by Crippen LogP contribution is 2.25. The number of aromatic hydroxyl groups is 1. The van der Waals surface area contributed by atoms with Crippen molar-refractivity contribution in [3.63, 3.8) is 0 Å². The summed E-state index contributed by atoms with van der Waals surface area (Å²) in [5, 5.41) is 16.0. The predicted octanol–water partition coefficient (Wildman–Crippen LogP) is 4.20. The van der Waals surface area contributed by atoms with Crippen molar-refractivity contribution in [2.24, 2.45) is 0 Å². The van der Waals surface area contributed by atoms with Gasteiger partial charge in [0, 0.05) is 28.9 Å². The lowest BCUT2D eigenvalue weighted by molar-refractivity contribution is 0.476. The molecule has 0 bridgehead atoms. The molecule has 3 N–H and O–H groups in total. The molecule has 0 amide bonds. The zero-order valence-corrected chi connectivity index (χ0v) is 14.5. The van der Waals surface area contributed by atoms with Gasteiger partial charge in [0.15, 0.2) is 10.6 Å². The van der Waals surface area contributed by atoms with Crippen LogP contribution in [-0.4, -0.2) is 21.1 Å². The number of fused-ring (bicyclic) bond motifs is 1. The third-order valence-corrected chi connectivity index (χ3v) is 3.78. The van der Waals surface area contributed by atoms with Crippen LogP contribution in [0.4, 0.5) is 5.13 Å². The van der Waals surface area contributed by atoms with Crippen LogP contribution in [0.2, 0.25) is 0 Å². The van der Waals surface area contributed by atoms with E-state index in [1.807, 2.05) is 33.1 Å². The summed E-state index contributed by atoms with van der Waals surface area (Å²) in [6, 6.07) is 6.50. The van der Waals surface area contributed by atoms with Gasteiger partial charge in [0.25, 0.3) is 0 Å². The molecule has 2 heterocycles. The Morgan fingerprint density at radius 2 is 2.00 bits per heavy atom. The fourth-order valence-corrected chi connectivity index (χ4v) is 2.95. The minimum absolute atomic E-state index is 0.0925. The lowest BCUT2D eigenvalue weighted by Crippen LogP contribution is -2.09. The van der Waals surface area contributed by atoms with Crippen LogP contribution < -0.4 is 10.7 Å². The van der Waals surface area contributed by atoms with Gasteiger partial charge in [-0.05, 0) is 26.0 Å². The number of thiazole rings is 1. The van der Waals surface area contributed by atoms with E-state index in [1.165, 1.54) is 23.5 Å². The Morgan fingerprint density at radius 3 is 2.70 bits per heavy atom. The molecule has 0 aliphatic rings. The lowest BCUT2D eigenvalue weighted by atomic mass is 10.1. The first-order valence-electron chi connectivity index (χ1n) is 7.61. The number of pyridine rings is 1. The Bertz CT molecular complexity index is 852. The smallest absolute Gasteiger partial charge is 0.190 e. The summed E-state index contributed by atoms with van der Waals surface area (Å²) in [5.74, 6) is 0.121. The first-order valence-corrected chi connectivity index (χ1v) is 8.49. The number of phenolic OH excluding ortho intramolecular Hbond substituents is 1. The van der Waals surface area contributed by atoms with Gasteiger partial charge in [-0.25, -0.2) is 4.98 Å². The van der Waals surface area contributed by atoms with Crippen LogP contribution in [-0.2, 0) is 0 Å². The van der Waals surface area contributed by atoms with Crippen molar-refractivity contribution in [2.75, 3.05) is 5.32 Å². The average Bonchev–Trinajstić information content (AvgIpc) is 2.96. The molecule has 6 heteroatoms. The molecule has 122 valence electrons. The van der Waals surface area contributed by atoms with Crippen LogP contribution in [0.5, 0.6) is 5.75 Å². The first kappa shape index (κ1) is 17.0. The molecule has 0 aliphatic heterocycles. The number of nitrogens with zero attached hydrogens (tertiary/aromatic N) is 1. The molecule has 3 aromatic rings. The Balaban J connectivity index is 0.000000924. The van der Waals surface area contributed by atoms with Crippen molar-refractivity contribution in [3.05, 3.63) is 39.9 Å². The standard InChI is InChI=1S/C15H15N3O2S.C2H6/c1-8(2)16-15-18-13(7-21-15)12-6-14(20)10-4-3-9(19)5-11(10)17-12;1-2/h3-8,19H,1-2H3,(H,16,18)(H,17,20);1-2H3. The van der Waals surface area contributed by atoms with Crippen molar-refractivity contribution < 1.29 is 5.11 Å². The van der Waals surface area contributed by atoms with Gasteiger partial charge >= 0.3 is 0 Å². The maximum atomic E-state index is 12.1. The zero-order valence-electron chi connectivity index (χ0n) is 13.7. The molecule has 0 aliphatic carbocycles. The van der Waals surface area contributed by atoms with E-state index in [2.05, 4.69) is 15.3 Å². The number of H-pyrrole nitrogens is 1. The van der Waals surface area contributed by atoms with Crippen LogP contribution >= 0.6 is 11.3 Å². The van der Waals surface area contributed by atoms with Gasteiger partial charge in [0.1, 0.15) is 5.75 Å². The first-order chi connectivity index (χ1) is 11.0. The van der Waals surface area contributed by atoms with Crippen molar-refractivity contribution in [2.45, 2.75) is 33.7 Å². The van der Waals surface area contributed by atoms with Crippen molar-refractivity contribution in [1.82, 2.24) is 9.97 Å². The van der Waals surface area contributed by atoms with Gasteiger partial charge in [0.05, 0.1) is 16.9 Å². The van der Waals surface area contributed by atoms with Crippen molar-refractivity contribution >= 4 is 27.4 Å². The second kappa shape index (κ2) is 7.28. The molecule has 0 unspecified atom stereocenters. The highest BCUT2D eigenvalue weighted by Gasteiger charge is 2.09. The molecule has 1 aromatic carbocycles. The molecule has 0 spiro atoms. The third-order valence-electron chi connectivity index (χ3n) is 3.01. The minimum atomic E-state index is -0.0925. The Hall–Kier alpha value is -2.34. The monoisotopic (exact) mass is 331 g/mol. The number of benzene rings is 1. The summed E-state index contributed by atoms with van der Waals surface area (Å²) in [6.07, 6.45) is 0. The molecule has 2 aromatic heterocycles. The summed E-state index contributed by atoms with van der Waals surface area (Å²) in [7, 11) is 0. The van der Waals surface area contributed by atoms with Crippen LogP contribution in [0, 0.1) is 0 Å². The SMILES string of the molecule is CC.CC(C)Nc1nc(-c2cc(=O)c3ccc(O)cc3[nH]2)cs1. The summed E-state index contributed by atoms with van der Waals surface area (Å²) in [6.45, 7) is 8.09. The van der Waals surface area contributed by atoms with Crippen molar-refractivity contribution in [1.29, 1.82) is 0 Å². The lowest BCUT2D eigenvalue weighted by Gasteiger charge is -2.05. The second-order valence-electron chi connectivity index (χ2n) is 5.11. The summed E-state index contributed by atoms with van der Waals surface area (Å²) < 4.78 is 0. The molecular weight excluding hydrogens is 310 g/mol. The average molecular weight is 331 g/mol. The van der Waals surface area contributed by atoms with Gasteiger partial charge in [-0.15, -0.1) is 11.3 Å². The number of hydrogen-bond acceptors (Lipinski definition) is 5. The van der Waals surface area contributed by atoms with E-state index < -0.39 is 0 Å². The number of aromatic amines is 1. The zero-order chi connectivity index (χ0) is 17.0. The van der Waals surface area contributed by atoms with Gasteiger partial charge in [-0.3, -0.25) is 4.79 Å². The van der Waals surface area contributed by atoms with Gasteiger partial charge in [-0.2, -0.15) is 0 Å². The van der Waals surface area contributed by atoms with E-state index in [1.54, 1.807) is 12.1 Å². The fraction of sp³-hybridized carbons (Fsp3) is 0.294. The predicted molar refractivity (Wildman–Crippen MR) is 97.4 cm³/mol. The topological polar surface area (TPSA) is 78.0 Å². The normalized spacial score (nSPS) is 10.5. The minimum Gasteiger partial charge on any atom is -0.508 e. The number of rotatable bonds is 3. The fourth-order valence-electron chi connectivity index (χ4n) is 2.09. The number of nitrogens with one attached hydrogen (secondary N) is 2. The van der Waals surface area contributed by atoms with Crippen molar-refractivity contribution in [3.8, 4) is 17.1 Å². The summed E-state index contributed by atoms with van der Waals surface area (Å²) >= 11 is 1.49. The Morgan fingerprint density at radius 1 is 1.26 bits per heavy atom. The quantitative estimate of drug-likeness (QED) is 0.672. The molecule has 23 heavy (non-hydrogen) atoms. The Labute approximate surface area is 139 Å². The maximum absolute atomic E-state index is 12.1. The molecule has 3 rings (SSSR count). The third kappa shape index (κ3) is 3.90. The number of phenols is 1. The van der Waals surface area contributed by atoms with E-state index >= 15 is 0 Å². The summed E-state index contributed by atoms with van der Waals surface area (Å²) in [4.78, 5) is 19.7. The largest absolute Gasteiger partial charge is 0.508 e. The number of aromatic nitrogens is 2. The van der Waals surface area contributed by atoms with E-state index in [0.29, 0.717) is 28.3 Å². The van der Waals surface area contributed by atoms with Crippen LogP contribution in [0.3, 0.4) is 0 Å². The van der Waals surface area contributed by atoms with E-state index in [0.717, 1.165) is 5.13 Å². The van der Waals surface area contributed by atoms with Gasteiger partial charge < -0.3 is 15.4 Å². The van der Waals surface area contributed by atoms with Crippen LogP contribution in [0.15, 0.2) is 34.4 Å². The molecule has 0 radical (unpaired) electrons. The highest BCUT2D eigenvalue weighted by molar-refractivity contribution is 7.14. The molecule has 0 atom stereocenters. The maximum Gasteiger partial charge on any atom is 0.190 e. The Kier molecular flexibility index (Phi) is 5.39. The van der Waals surface area contributed by atoms with E-state index in [-0.39, 0.29) is 11.2 Å². The number of hydrogen-bond donors (Lipinski definition) is 3. The second-order valence-corrected chi connectivity index (χ2v) is 5.97. The molecule has 0 saturated carbocycles. The van der Waals surface area contributed by atoms with Crippen LogP contribution in [0.25, 0.3) is 22.3 Å². The van der Waals surface area contributed by atoms with E-state index in [4.69, 9.17) is 0 Å². The van der Waals surface area contributed by atoms with Crippen LogP contribution in [0.1, 0.15) is 27.7 Å². The van der Waals surface area contributed by atoms with Gasteiger partial charge in [-0.1, -0.05) is 13.8 Å². The van der Waals surface area contributed by atoms with Gasteiger partial charge in [0.2, 0.25) is 0 Å². The molecular formula is C17H21N3O2S. The molecule has 0 saturated heterocycles.